The monoisotopic (exact) mass is 560 g/mol. The van der Waals surface area contributed by atoms with Gasteiger partial charge in [0.2, 0.25) is 11.8 Å². The summed E-state index contributed by atoms with van der Waals surface area (Å²) in [6, 6.07) is 22.2. The molecule has 11 heteroatoms. The Morgan fingerprint density at radius 2 is 1.82 bits per heavy atom. The fourth-order valence-corrected chi connectivity index (χ4v) is 7.06. The highest BCUT2D eigenvalue weighted by Gasteiger charge is 2.38. The van der Waals surface area contributed by atoms with E-state index in [0.717, 1.165) is 37.9 Å². The number of benzene rings is 2. The van der Waals surface area contributed by atoms with Crippen LogP contribution in [0.5, 0.6) is 11.8 Å². The second kappa shape index (κ2) is 9.25. The number of aryl methyl sites for hydroxylation is 1. The summed E-state index contributed by atoms with van der Waals surface area (Å²) in [4.78, 5) is 18.8. The van der Waals surface area contributed by atoms with Crippen LogP contribution in [0.1, 0.15) is 34.1 Å². The first-order chi connectivity index (χ1) is 19.7. The summed E-state index contributed by atoms with van der Waals surface area (Å²) in [5, 5.41) is 9.64. The van der Waals surface area contributed by atoms with Crippen molar-refractivity contribution in [1.29, 1.82) is 0 Å². The molecule has 0 radical (unpaired) electrons. The minimum Gasteiger partial charge on any atom is -0.420 e. The van der Waals surface area contributed by atoms with E-state index in [1.807, 2.05) is 72.4 Å². The van der Waals surface area contributed by atoms with Crippen LogP contribution in [0.25, 0.3) is 21.6 Å². The lowest BCUT2D eigenvalue weighted by molar-refractivity contribution is 0.402. The van der Waals surface area contributed by atoms with Gasteiger partial charge in [-0.25, -0.2) is 24.1 Å². The summed E-state index contributed by atoms with van der Waals surface area (Å²) in [5.74, 6) is 2.20. The normalized spacial score (nSPS) is 14.3. The molecule has 1 atom stereocenters. The Hall–Kier alpha value is -4.61. The van der Waals surface area contributed by atoms with Crippen molar-refractivity contribution in [1.82, 2.24) is 39.3 Å². The Labute approximate surface area is 236 Å². The molecule has 0 saturated carbocycles. The molecule has 1 aliphatic heterocycles. The zero-order valence-electron chi connectivity index (χ0n) is 21.2. The van der Waals surface area contributed by atoms with Crippen molar-refractivity contribution >= 4 is 39.0 Å². The SMILES string of the molecule is Cc1nn(-c2ccccc2)c2c1[C@H](c1cccnc1)c1c(ncn3nc(CSc4nc5ccccc5s4)nc13)O2. The minimum absolute atomic E-state index is 0.227. The molecule has 0 amide bonds. The number of thioether (sulfide) groups is 1. The van der Waals surface area contributed by atoms with E-state index in [0.29, 0.717) is 29.0 Å². The number of pyridine rings is 1. The van der Waals surface area contributed by atoms with Crippen LogP contribution in [0.15, 0.2) is 89.8 Å². The predicted octanol–water partition coefficient (Wildman–Crippen LogP) is 6.20. The summed E-state index contributed by atoms with van der Waals surface area (Å²) in [6.07, 6.45) is 5.32. The van der Waals surface area contributed by atoms with Gasteiger partial charge >= 0.3 is 0 Å². The van der Waals surface area contributed by atoms with E-state index in [-0.39, 0.29) is 5.92 Å². The van der Waals surface area contributed by atoms with Crippen LogP contribution in [-0.2, 0) is 5.75 Å². The lowest BCUT2D eigenvalue weighted by Gasteiger charge is -2.26. The van der Waals surface area contributed by atoms with Gasteiger partial charge in [0.25, 0.3) is 0 Å². The Morgan fingerprint density at radius 1 is 0.950 bits per heavy atom. The summed E-state index contributed by atoms with van der Waals surface area (Å²) < 4.78 is 12.2. The quantitative estimate of drug-likeness (QED) is 0.230. The summed E-state index contributed by atoms with van der Waals surface area (Å²) in [5.41, 5.74) is 6.32. The van der Waals surface area contributed by atoms with Crippen molar-refractivity contribution in [3.8, 4) is 17.4 Å². The highest BCUT2D eigenvalue weighted by atomic mass is 32.2. The van der Waals surface area contributed by atoms with E-state index in [4.69, 9.17) is 24.9 Å². The summed E-state index contributed by atoms with van der Waals surface area (Å²) >= 11 is 3.31. The lowest BCUT2D eigenvalue weighted by Crippen LogP contribution is -2.16. The van der Waals surface area contributed by atoms with Gasteiger partial charge in [0.15, 0.2) is 15.8 Å². The molecule has 40 heavy (non-hydrogen) atoms. The van der Waals surface area contributed by atoms with Gasteiger partial charge in [-0.15, -0.1) is 16.4 Å². The zero-order valence-corrected chi connectivity index (χ0v) is 22.8. The Balaban J connectivity index is 1.24. The molecular weight excluding hydrogens is 541 g/mol. The number of hydrogen-bond donors (Lipinski definition) is 0. The topological polar surface area (TPSA) is 95.9 Å². The third kappa shape index (κ3) is 3.77. The average Bonchev–Trinajstić information content (AvgIpc) is 3.70. The van der Waals surface area contributed by atoms with E-state index in [1.54, 1.807) is 40.1 Å². The van der Waals surface area contributed by atoms with E-state index < -0.39 is 0 Å². The molecule has 0 bridgehead atoms. The molecule has 5 aromatic heterocycles. The van der Waals surface area contributed by atoms with Gasteiger partial charge < -0.3 is 4.74 Å². The van der Waals surface area contributed by atoms with Crippen molar-refractivity contribution in [3.05, 3.63) is 114 Å². The first-order valence-electron chi connectivity index (χ1n) is 12.7. The van der Waals surface area contributed by atoms with Crippen molar-refractivity contribution in [3.63, 3.8) is 0 Å². The van der Waals surface area contributed by atoms with Crippen LogP contribution >= 0.6 is 23.1 Å². The largest absolute Gasteiger partial charge is 0.420 e. The highest BCUT2D eigenvalue weighted by molar-refractivity contribution is 8.00. The van der Waals surface area contributed by atoms with Gasteiger partial charge in [0.1, 0.15) is 6.33 Å². The predicted molar refractivity (Wildman–Crippen MR) is 154 cm³/mol. The third-order valence-corrected chi connectivity index (χ3v) is 9.06. The molecule has 0 unspecified atom stereocenters. The first kappa shape index (κ1) is 23.3. The van der Waals surface area contributed by atoms with Crippen LogP contribution in [0.4, 0.5) is 0 Å². The molecule has 1 aliphatic rings. The summed E-state index contributed by atoms with van der Waals surface area (Å²) in [7, 11) is 0. The number of aromatic nitrogens is 8. The van der Waals surface area contributed by atoms with E-state index in [2.05, 4.69) is 22.1 Å². The van der Waals surface area contributed by atoms with Gasteiger partial charge in [-0.3, -0.25) is 4.98 Å². The number of ether oxygens (including phenoxy) is 1. The standard InChI is InChI=1S/C29H20N8OS2/c1-17-23-24(18-8-7-13-30-14-18)25-26-33-22(15-39-29-32-20-11-5-6-12-21(20)40-29)35-36(26)16-31-27(25)38-28(23)37(34-17)19-9-3-2-4-10-19/h2-14,16,24H,15H2,1H3/t24-/m0/s1. The van der Waals surface area contributed by atoms with Gasteiger partial charge in [-0.1, -0.05) is 48.2 Å². The Morgan fingerprint density at radius 3 is 2.67 bits per heavy atom. The summed E-state index contributed by atoms with van der Waals surface area (Å²) in [6.45, 7) is 2.01. The van der Waals surface area contributed by atoms with Crippen LogP contribution in [0.2, 0.25) is 0 Å². The fraction of sp³-hybridized carbons (Fsp3) is 0.103. The Bertz CT molecular complexity index is 1980. The fourth-order valence-electron chi connectivity index (χ4n) is 5.15. The number of fused-ring (bicyclic) bond motifs is 5. The maximum absolute atomic E-state index is 6.49. The van der Waals surface area contributed by atoms with Gasteiger partial charge in [-0.05, 0) is 42.8 Å². The number of hydrogen-bond acceptors (Lipinski definition) is 9. The minimum atomic E-state index is -0.227. The van der Waals surface area contributed by atoms with Crippen LogP contribution < -0.4 is 4.74 Å². The zero-order chi connectivity index (χ0) is 26.6. The smallest absolute Gasteiger partial charge is 0.230 e. The van der Waals surface area contributed by atoms with E-state index >= 15 is 0 Å². The second-order valence-corrected chi connectivity index (χ2v) is 11.6. The number of nitrogens with zero attached hydrogens (tertiary/aromatic N) is 8. The Kier molecular flexibility index (Phi) is 5.39. The highest BCUT2D eigenvalue weighted by Crippen LogP contribution is 2.49. The first-order valence-corrected chi connectivity index (χ1v) is 14.5. The average molecular weight is 561 g/mol. The maximum Gasteiger partial charge on any atom is 0.230 e. The molecule has 2 aromatic carbocycles. The van der Waals surface area contributed by atoms with Crippen LogP contribution in [0.3, 0.4) is 0 Å². The van der Waals surface area contributed by atoms with Gasteiger partial charge in [-0.2, -0.15) is 5.10 Å². The maximum atomic E-state index is 6.49. The molecule has 9 nitrogen and oxygen atoms in total. The molecule has 7 aromatic rings. The van der Waals surface area contributed by atoms with E-state index in [9.17, 15) is 0 Å². The molecule has 0 spiro atoms. The van der Waals surface area contributed by atoms with Crippen molar-refractivity contribution in [2.45, 2.75) is 22.9 Å². The lowest BCUT2D eigenvalue weighted by atomic mass is 9.85. The van der Waals surface area contributed by atoms with Crippen molar-refractivity contribution < 1.29 is 4.74 Å². The van der Waals surface area contributed by atoms with Crippen molar-refractivity contribution in [2.75, 3.05) is 0 Å². The molecule has 0 fully saturated rings. The van der Waals surface area contributed by atoms with Crippen LogP contribution in [0, 0.1) is 6.92 Å². The molecule has 8 rings (SSSR count). The number of rotatable bonds is 5. The number of thiazole rings is 1. The second-order valence-electron chi connectivity index (χ2n) is 9.37. The van der Waals surface area contributed by atoms with E-state index in [1.165, 1.54) is 4.70 Å². The number of para-hydroxylation sites is 2. The molecule has 194 valence electrons. The molecule has 0 saturated heterocycles. The third-order valence-electron chi connectivity index (χ3n) is 6.88. The van der Waals surface area contributed by atoms with Crippen molar-refractivity contribution in [2.24, 2.45) is 0 Å². The van der Waals surface area contributed by atoms with Gasteiger partial charge in [0, 0.05) is 12.4 Å². The molecule has 0 aliphatic carbocycles. The molecular formula is C29H20N8OS2. The molecule has 0 N–H and O–H groups in total. The van der Waals surface area contributed by atoms with Crippen LogP contribution in [-0.4, -0.2) is 39.3 Å². The van der Waals surface area contributed by atoms with Gasteiger partial charge in [0.05, 0.1) is 44.4 Å². The molecule has 6 heterocycles.